The van der Waals surface area contributed by atoms with Crippen molar-refractivity contribution >= 4 is 29.9 Å². The van der Waals surface area contributed by atoms with Crippen LogP contribution >= 0.6 is 24.0 Å². The molecule has 0 atom stereocenters. The summed E-state index contributed by atoms with van der Waals surface area (Å²) in [5, 5.41) is 7.31. The number of hydrogen-bond donors (Lipinski definition) is 2. The van der Waals surface area contributed by atoms with Crippen molar-refractivity contribution in [1.82, 2.24) is 15.1 Å². The number of hydrogen-bond acceptors (Lipinski definition) is 2. The number of rotatable bonds is 6. The second-order valence-electron chi connectivity index (χ2n) is 5.08. The molecule has 1 heterocycles. The molecule has 1 aromatic rings. The van der Waals surface area contributed by atoms with Gasteiger partial charge in [0.15, 0.2) is 5.96 Å². The summed E-state index contributed by atoms with van der Waals surface area (Å²) in [5.74, 6) is 1.37. The Labute approximate surface area is 132 Å². The van der Waals surface area contributed by atoms with Crippen molar-refractivity contribution in [3.63, 3.8) is 0 Å². The molecule has 2 rings (SSSR count). The number of aryl methyl sites for hydroxylation is 2. The molecule has 1 aliphatic rings. The Bertz CT molecular complexity index is 397. The highest BCUT2D eigenvalue weighted by molar-refractivity contribution is 14.0. The first-order valence-corrected chi connectivity index (χ1v) is 6.75. The Kier molecular flexibility index (Phi) is 7.19. The monoisotopic (exact) mass is 377 g/mol. The maximum absolute atomic E-state index is 5.81. The van der Waals surface area contributed by atoms with Crippen LogP contribution in [0, 0.1) is 5.92 Å². The highest BCUT2D eigenvalue weighted by atomic mass is 127. The van der Waals surface area contributed by atoms with E-state index in [1.54, 1.807) is 0 Å². The minimum atomic E-state index is 0. The van der Waals surface area contributed by atoms with Gasteiger partial charge in [-0.1, -0.05) is 6.42 Å². The van der Waals surface area contributed by atoms with E-state index < -0.39 is 0 Å². The van der Waals surface area contributed by atoms with Gasteiger partial charge >= 0.3 is 0 Å². The van der Waals surface area contributed by atoms with E-state index in [0.29, 0.717) is 5.96 Å². The van der Waals surface area contributed by atoms with Crippen molar-refractivity contribution in [2.24, 2.45) is 23.7 Å². The molecule has 19 heavy (non-hydrogen) atoms. The fourth-order valence-electron chi connectivity index (χ4n) is 2.07. The van der Waals surface area contributed by atoms with E-state index >= 15 is 0 Å². The third-order valence-corrected chi connectivity index (χ3v) is 3.45. The number of nitrogens with zero attached hydrogens (tertiary/aromatic N) is 3. The van der Waals surface area contributed by atoms with E-state index in [2.05, 4.69) is 15.4 Å². The summed E-state index contributed by atoms with van der Waals surface area (Å²) in [6, 6.07) is 0. The first-order chi connectivity index (χ1) is 8.74. The van der Waals surface area contributed by atoms with E-state index in [1.807, 2.05) is 24.1 Å². The molecular formula is C13H24IN5. The van der Waals surface area contributed by atoms with Crippen LogP contribution in [0.5, 0.6) is 0 Å². The molecule has 6 heteroatoms. The SMILES string of the molecule is Cn1cc(CCCNC(N)=NCC2CCC2)cn1.I. The maximum Gasteiger partial charge on any atom is 0.188 e. The lowest BCUT2D eigenvalue weighted by molar-refractivity contribution is 0.326. The molecule has 0 unspecified atom stereocenters. The summed E-state index contributed by atoms with van der Waals surface area (Å²) in [7, 11) is 1.94. The highest BCUT2D eigenvalue weighted by Gasteiger charge is 2.16. The van der Waals surface area contributed by atoms with Crippen molar-refractivity contribution in [3.05, 3.63) is 18.0 Å². The molecular weight excluding hydrogens is 353 g/mol. The van der Waals surface area contributed by atoms with E-state index in [0.717, 1.165) is 31.8 Å². The molecule has 0 aromatic carbocycles. The molecule has 5 nitrogen and oxygen atoms in total. The zero-order chi connectivity index (χ0) is 12.8. The third-order valence-electron chi connectivity index (χ3n) is 3.45. The molecule has 0 spiro atoms. The Balaban J connectivity index is 0.00000180. The zero-order valence-corrected chi connectivity index (χ0v) is 13.8. The second kappa shape index (κ2) is 8.39. The van der Waals surface area contributed by atoms with Gasteiger partial charge in [0.2, 0.25) is 0 Å². The number of nitrogens with two attached hydrogens (primary N) is 1. The van der Waals surface area contributed by atoms with Crippen LogP contribution in [-0.2, 0) is 13.5 Å². The summed E-state index contributed by atoms with van der Waals surface area (Å²) in [4.78, 5) is 4.36. The van der Waals surface area contributed by atoms with Gasteiger partial charge in [-0.15, -0.1) is 24.0 Å². The summed E-state index contributed by atoms with van der Waals surface area (Å²) in [6.45, 7) is 1.76. The standard InChI is InChI=1S/C13H23N5.HI/c1-18-10-12(9-17-18)6-3-7-15-13(14)16-8-11-4-2-5-11;/h9-11H,2-8H2,1H3,(H3,14,15,16);1H. The number of aromatic nitrogens is 2. The van der Waals surface area contributed by atoms with Crippen LogP contribution in [0.1, 0.15) is 31.2 Å². The quantitative estimate of drug-likeness (QED) is 0.343. The zero-order valence-electron chi connectivity index (χ0n) is 11.5. The molecule has 1 aliphatic carbocycles. The lowest BCUT2D eigenvalue weighted by Gasteiger charge is -2.23. The molecule has 1 saturated carbocycles. The largest absolute Gasteiger partial charge is 0.370 e. The fraction of sp³-hybridized carbons (Fsp3) is 0.692. The van der Waals surface area contributed by atoms with E-state index in [1.165, 1.54) is 24.8 Å². The number of guanidine groups is 1. The van der Waals surface area contributed by atoms with Crippen molar-refractivity contribution in [1.29, 1.82) is 0 Å². The van der Waals surface area contributed by atoms with Crippen LogP contribution in [0.15, 0.2) is 17.4 Å². The summed E-state index contributed by atoms with van der Waals surface area (Å²) < 4.78 is 1.83. The van der Waals surface area contributed by atoms with Crippen LogP contribution in [0.25, 0.3) is 0 Å². The topological polar surface area (TPSA) is 68.2 Å². The fourth-order valence-corrected chi connectivity index (χ4v) is 2.07. The lowest BCUT2D eigenvalue weighted by atomic mass is 9.86. The van der Waals surface area contributed by atoms with Crippen molar-refractivity contribution in [2.45, 2.75) is 32.1 Å². The second-order valence-corrected chi connectivity index (χ2v) is 5.08. The summed E-state index contributed by atoms with van der Waals surface area (Å²) in [6.07, 6.45) is 10.0. The van der Waals surface area contributed by atoms with Crippen LogP contribution < -0.4 is 11.1 Å². The van der Waals surface area contributed by atoms with E-state index in [4.69, 9.17) is 5.73 Å². The van der Waals surface area contributed by atoms with Gasteiger partial charge in [-0.2, -0.15) is 5.10 Å². The minimum Gasteiger partial charge on any atom is -0.370 e. The highest BCUT2D eigenvalue weighted by Crippen LogP contribution is 2.26. The van der Waals surface area contributed by atoms with Gasteiger partial charge < -0.3 is 11.1 Å². The lowest BCUT2D eigenvalue weighted by Crippen LogP contribution is -2.33. The molecule has 108 valence electrons. The van der Waals surface area contributed by atoms with Crippen molar-refractivity contribution in [2.75, 3.05) is 13.1 Å². The summed E-state index contributed by atoms with van der Waals surface area (Å²) >= 11 is 0. The third kappa shape index (κ3) is 5.80. The van der Waals surface area contributed by atoms with Crippen LogP contribution in [-0.4, -0.2) is 28.8 Å². The molecule has 0 aliphatic heterocycles. The molecule has 0 bridgehead atoms. The Morgan fingerprint density at radius 1 is 1.58 bits per heavy atom. The van der Waals surface area contributed by atoms with Crippen molar-refractivity contribution in [3.8, 4) is 0 Å². The average molecular weight is 377 g/mol. The van der Waals surface area contributed by atoms with Gasteiger partial charge in [0.05, 0.1) is 6.20 Å². The van der Waals surface area contributed by atoms with Crippen LogP contribution in [0.3, 0.4) is 0 Å². The van der Waals surface area contributed by atoms with Crippen molar-refractivity contribution < 1.29 is 0 Å². The molecule has 0 amide bonds. The number of halogens is 1. The van der Waals surface area contributed by atoms with Crippen LogP contribution in [0.2, 0.25) is 0 Å². The smallest absolute Gasteiger partial charge is 0.188 e. The Hall–Kier alpha value is -0.790. The first-order valence-electron chi connectivity index (χ1n) is 6.75. The van der Waals surface area contributed by atoms with Gasteiger partial charge in [-0.05, 0) is 37.2 Å². The Morgan fingerprint density at radius 3 is 2.95 bits per heavy atom. The van der Waals surface area contributed by atoms with Gasteiger partial charge in [-0.25, -0.2) is 0 Å². The number of aliphatic imine (C=N–C) groups is 1. The molecule has 1 aromatic heterocycles. The van der Waals surface area contributed by atoms with Gasteiger partial charge in [-0.3, -0.25) is 9.67 Å². The predicted octanol–water partition coefficient (Wildman–Crippen LogP) is 1.68. The predicted molar refractivity (Wildman–Crippen MR) is 88.8 cm³/mol. The first kappa shape index (κ1) is 16.3. The summed E-state index contributed by atoms with van der Waals surface area (Å²) in [5.41, 5.74) is 7.07. The maximum atomic E-state index is 5.81. The average Bonchev–Trinajstić information content (AvgIpc) is 2.68. The van der Waals surface area contributed by atoms with Gasteiger partial charge in [0.25, 0.3) is 0 Å². The van der Waals surface area contributed by atoms with Gasteiger partial charge in [0.1, 0.15) is 0 Å². The molecule has 0 saturated heterocycles. The minimum absolute atomic E-state index is 0. The molecule has 1 fully saturated rings. The Morgan fingerprint density at radius 2 is 2.37 bits per heavy atom. The van der Waals surface area contributed by atoms with E-state index in [-0.39, 0.29) is 24.0 Å². The molecule has 3 N–H and O–H groups in total. The van der Waals surface area contributed by atoms with Gasteiger partial charge in [0, 0.05) is 26.3 Å². The molecule has 0 radical (unpaired) electrons. The van der Waals surface area contributed by atoms with E-state index in [9.17, 15) is 0 Å². The number of nitrogens with one attached hydrogen (secondary N) is 1. The van der Waals surface area contributed by atoms with Crippen LogP contribution in [0.4, 0.5) is 0 Å². The normalized spacial score (nSPS) is 15.7.